The lowest BCUT2D eigenvalue weighted by Gasteiger charge is -2.10. The second-order valence-electron chi connectivity index (χ2n) is 3.84. The van der Waals surface area contributed by atoms with E-state index in [1.807, 2.05) is 12.1 Å². The SMILES string of the molecule is Brc1c(NC2=NCCN2)ccc2c1=NCCN=2. The molecule has 0 aliphatic carbocycles. The van der Waals surface area contributed by atoms with Crippen molar-refractivity contribution in [1.29, 1.82) is 0 Å². The molecule has 1 aromatic carbocycles. The molecule has 3 rings (SSSR count). The second-order valence-corrected chi connectivity index (χ2v) is 4.63. The van der Waals surface area contributed by atoms with Gasteiger partial charge in [-0.3, -0.25) is 15.0 Å². The topological polar surface area (TPSA) is 61.1 Å². The largest absolute Gasteiger partial charge is 0.354 e. The fourth-order valence-corrected chi connectivity index (χ4v) is 2.43. The molecule has 0 fully saturated rings. The van der Waals surface area contributed by atoms with Gasteiger partial charge in [-0.1, -0.05) is 0 Å². The normalized spacial score (nSPS) is 17.4. The average Bonchev–Trinajstić information content (AvgIpc) is 2.86. The van der Waals surface area contributed by atoms with Gasteiger partial charge < -0.3 is 10.6 Å². The fourth-order valence-electron chi connectivity index (χ4n) is 1.87. The molecule has 0 saturated heterocycles. The highest BCUT2D eigenvalue weighted by Gasteiger charge is 2.10. The van der Waals surface area contributed by atoms with Gasteiger partial charge in [-0.2, -0.15) is 0 Å². The monoisotopic (exact) mass is 293 g/mol. The lowest BCUT2D eigenvalue weighted by Crippen LogP contribution is -2.33. The van der Waals surface area contributed by atoms with Crippen LogP contribution >= 0.6 is 15.9 Å². The van der Waals surface area contributed by atoms with Gasteiger partial charge in [0.25, 0.3) is 0 Å². The third kappa shape index (κ3) is 2.04. The van der Waals surface area contributed by atoms with E-state index in [0.29, 0.717) is 0 Å². The summed E-state index contributed by atoms with van der Waals surface area (Å²) >= 11 is 3.58. The molecule has 6 heteroatoms. The number of guanidine groups is 1. The van der Waals surface area contributed by atoms with Crippen molar-refractivity contribution in [3.63, 3.8) is 0 Å². The summed E-state index contributed by atoms with van der Waals surface area (Å²) in [6, 6.07) is 3.98. The molecule has 0 atom stereocenters. The van der Waals surface area contributed by atoms with Crippen molar-refractivity contribution < 1.29 is 0 Å². The second kappa shape index (κ2) is 4.44. The van der Waals surface area contributed by atoms with Gasteiger partial charge in [0.05, 0.1) is 40.5 Å². The van der Waals surface area contributed by atoms with E-state index in [1.165, 1.54) is 0 Å². The van der Waals surface area contributed by atoms with Crippen molar-refractivity contribution in [3.05, 3.63) is 27.3 Å². The van der Waals surface area contributed by atoms with Crippen molar-refractivity contribution >= 4 is 27.6 Å². The lowest BCUT2D eigenvalue weighted by atomic mass is 10.2. The number of hydrogen-bond donors (Lipinski definition) is 2. The summed E-state index contributed by atoms with van der Waals surface area (Å²) in [5, 5.41) is 8.31. The van der Waals surface area contributed by atoms with Crippen LogP contribution in [0.5, 0.6) is 0 Å². The number of benzene rings is 1. The zero-order valence-corrected chi connectivity index (χ0v) is 10.8. The van der Waals surface area contributed by atoms with Crippen molar-refractivity contribution in [2.45, 2.75) is 0 Å². The first-order valence-corrected chi connectivity index (χ1v) is 6.37. The molecule has 88 valence electrons. The van der Waals surface area contributed by atoms with Crippen molar-refractivity contribution in [1.82, 2.24) is 5.32 Å². The Hall–Kier alpha value is -1.43. The van der Waals surface area contributed by atoms with Crippen LogP contribution in [0.4, 0.5) is 5.69 Å². The van der Waals surface area contributed by atoms with E-state index in [9.17, 15) is 0 Å². The predicted octanol–water partition coefficient (Wildman–Crippen LogP) is 0.0730. The first-order chi connectivity index (χ1) is 8.34. The van der Waals surface area contributed by atoms with Gasteiger partial charge >= 0.3 is 0 Å². The van der Waals surface area contributed by atoms with Crippen LogP contribution in [-0.4, -0.2) is 32.1 Å². The molecule has 0 amide bonds. The van der Waals surface area contributed by atoms with E-state index in [-0.39, 0.29) is 0 Å². The molecule has 2 aliphatic rings. The van der Waals surface area contributed by atoms with Gasteiger partial charge in [0, 0.05) is 6.54 Å². The highest BCUT2D eigenvalue weighted by Crippen LogP contribution is 2.16. The van der Waals surface area contributed by atoms with E-state index in [1.54, 1.807) is 0 Å². The summed E-state index contributed by atoms with van der Waals surface area (Å²) in [5.41, 5.74) is 0.970. The van der Waals surface area contributed by atoms with Crippen LogP contribution < -0.4 is 21.3 Å². The number of fused-ring (bicyclic) bond motifs is 1. The first kappa shape index (κ1) is 10.7. The van der Waals surface area contributed by atoms with Crippen LogP contribution in [0, 0.1) is 0 Å². The summed E-state index contributed by atoms with van der Waals surface area (Å²) in [4.78, 5) is 13.2. The third-order valence-electron chi connectivity index (χ3n) is 2.67. The predicted molar refractivity (Wildman–Crippen MR) is 70.1 cm³/mol. The molecule has 2 heterocycles. The molecular formula is C11H12BrN5. The van der Waals surface area contributed by atoms with E-state index < -0.39 is 0 Å². The van der Waals surface area contributed by atoms with Gasteiger partial charge in [-0.25, -0.2) is 0 Å². The van der Waals surface area contributed by atoms with Crippen molar-refractivity contribution in [2.75, 3.05) is 31.5 Å². The van der Waals surface area contributed by atoms with Gasteiger partial charge in [-0.05, 0) is 28.1 Å². The summed E-state index contributed by atoms with van der Waals surface area (Å²) in [6.45, 7) is 3.25. The fraction of sp³-hybridized carbons (Fsp3) is 0.364. The molecule has 5 nitrogen and oxygen atoms in total. The number of hydrogen-bond acceptors (Lipinski definition) is 5. The lowest BCUT2D eigenvalue weighted by molar-refractivity contribution is 0.861. The summed E-state index contributed by atoms with van der Waals surface area (Å²) in [6.07, 6.45) is 0. The minimum absolute atomic E-state index is 0.758. The summed E-state index contributed by atoms with van der Waals surface area (Å²) in [5.74, 6) is 0.818. The molecule has 2 aliphatic heterocycles. The number of anilines is 1. The summed E-state index contributed by atoms with van der Waals surface area (Å²) in [7, 11) is 0. The number of nitrogens with zero attached hydrogens (tertiary/aromatic N) is 3. The molecule has 0 unspecified atom stereocenters. The van der Waals surface area contributed by atoms with Crippen LogP contribution in [0.15, 0.2) is 31.6 Å². The van der Waals surface area contributed by atoms with Gasteiger partial charge in [-0.15, -0.1) is 0 Å². The average molecular weight is 294 g/mol. The van der Waals surface area contributed by atoms with Gasteiger partial charge in [0.1, 0.15) is 0 Å². The Morgan fingerprint density at radius 2 is 2.00 bits per heavy atom. The molecule has 0 saturated carbocycles. The molecular weight excluding hydrogens is 282 g/mol. The van der Waals surface area contributed by atoms with Crippen LogP contribution in [0.1, 0.15) is 0 Å². The molecule has 2 N–H and O–H groups in total. The maximum absolute atomic E-state index is 4.49. The zero-order chi connectivity index (χ0) is 11.7. The molecule has 0 bridgehead atoms. The number of rotatable bonds is 1. The maximum Gasteiger partial charge on any atom is 0.195 e. The van der Waals surface area contributed by atoms with Crippen molar-refractivity contribution in [2.24, 2.45) is 15.0 Å². The minimum atomic E-state index is 0.758. The van der Waals surface area contributed by atoms with E-state index >= 15 is 0 Å². The first-order valence-electron chi connectivity index (χ1n) is 5.57. The Bertz CT molecular complexity index is 593. The highest BCUT2D eigenvalue weighted by atomic mass is 79.9. The number of aliphatic imine (C=N–C) groups is 1. The third-order valence-corrected chi connectivity index (χ3v) is 3.48. The van der Waals surface area contributed by atoms with E-state index in [0.717, 1.165) is 53.0 Å². The Morgan fingerprint density at radius 1 is 1.12 bits per heavy atom. The Balaban J connectivity index is 2.02. The Kier molecular flexibility index (Phi) is 2.80. The molecule has 0 aromatic heterocycles. The van der Waals surface area contributed by atoms with Crippen LogP contribution in [0.25, 0.3) is 0 Å². The maximum atomic E-state index is 4.49. The molecule has 1 aromatic rings. The van der Waals surface area contributed by atoms with Crippen LogP contribution in [0.2, 0.25) is 0 Å². The zero-order valence-electron chi connectivity index (χ0n) is 9.20. The standard InChI is InChI=1S/C11H12BrN5/c12-9-7(17-11-15-5-6-16-11)1-2-8-10(9)14-4-3-13-8/h1-2H,3-6H2,(H2,15,16,17). The van der Waals surface area contributed by atoms with Gasteiger partial charge in [0.2, 0.25) is 0 Å². The molecule has 17 heavy (non-hydrogen) atoms. The number of nitrogens with one attached hydrogen (secondary N) is 2. The van der Waals surface area contributed by atoms with E-state index in [2.05, 4.69) is 41.5 Å². The molecule has 0 spiro atoms. The smallest absolute Gasteiger partial charge is 0.195 e. The van der Waals surface area contributed by atoms with Gasteiger partial charge in [0.15, 0.2) is 5.96 Å². The van der Waals surface area contributed by atoms with E-state index in [4.69, 9.17) is 0 Å². The van der Waals surface area contributed by atoms with Crippen LogP contribution in [-0.2, 0) is 0 Å². The quantitative estimate of drug-likeness (QED) is 0.770. The Morgan fingerprint density at radius 3 is 2.82 bits per heavy atom. The highest BCUT2D eigenvalue weighted by molar-refractivity contribution is 9.10. The molecule has 0 radical (unpaired) electrons. The minimum Gasteiger partial charge on any atom is -0.354 e. The summed E-state index contributed by atoms with van der Waals surface area (Å²) < 4.78 is 0.954. The Labute approximate surface area is 107 Å². The van der Waals surface area contributed by atoms with Crippen molar-refractivity contribution in [3.8, 4) is 0 Å². The van der Waals surface area contributed by atoms with Crippen LogP contribution in [0.3, 0.4) is 0 Å². The number of halogens is 1.